The Labute approximate surface area is 102 Å². The zero-order chi connectivity index (χ0) is 13.6. The Morgan fingerprint density at radius 2 is 2.11 bits per heavy atom. The summed E-state index contributed by atoms with van der Waals surface area (Å²) in [6.45, 7) is 1.78. The van der Waals surface area contributed by atoms with E-state index in [4.69, 9.17) is 0 Å². The Hall–Kier alpha value is -1.56. The van der Waals surface area contributed by atoms with Crippen LogP contribution in [0.1, 0.15) is 23.5 Å². The molecule has 18 heavy (non-hydrogen) atoms. The number of amides is 1. The minimum absolute atomic E-state index is 0.479. The number of halogens is 3. The van der Waals surface area contributed by atoms with Gasteiger partial charge in [-0.25, -0.2) is 0 Å². The molecule has 0 saturated carbocycles. The molecule has 1 aromatic rings. The number of aliphatic hydroxyl groups is 1. The van der Waals surface area contributed by atoms with Gasteiger partial charge in [-0.05, 0) is 12.5 Å². The maximum atomic E-state index is 12.6. The van der Waals surface area contributed by atoms with Crippen LogP contribution in [-0.2, 0) is 4.79 Å². The van der Waals surface area contributed by atoms with Crippen molar-refractivity contribution in [3.63, 3.8) is 0 Å². The molecule has 0 radical (unpaired) electrons. The molecule has 0 spiro atoms. The van der Waals surface area contributed by atoms with E-state index in [1.165, 1.54) is 0 Å². The highest BCUT2D eigenvalue weighted by Crippen LogP contribution is 2.41. The highest BCUT2D eigenvalue weighted by atomic mass is 19.4. The first kappa shape index (κ1) is 12.9. The van der Waals surface area contributed by atoms with E-state index in [0.29, 0.717) is 5.56 Å². The van der Waals surface area contributed by atoms with Gasteiger partial charge in [0.15, 0.2) is 0 Å². The van der Waals surface area contributed by atoms with Gasteiger partial charge in [0.05, 0.1) is 5.92 Å². The molecule has 0 aliphatic carbocycles. The van der Waals surface area contributed by atoms with Crippen LogP contribution in [0, 0.1) is 6.92 Å². The van der Waals surface area contributed by atoms with Crippen molar-refractivity contribution in [1.82, 2.24) is 5.32 Å². The van der Waals surface area contributed by atoms with Crippen LogP contribution in [-0.4, -0.2) is 22.9 Å². The Morgan fingerprint density at radius 3 is 2.61 bits per heavy atom. The van der Waals surface area contributed by atoms with E-state index in [9.17, 15) is 23.1 Å². The number of rotatable bonds is 1. The van der Waals surface area contributed by atoms with Crippen molar-refractivity contribution in [2.24, 2.45) is 0 Å². The van der Waals surface area contributed by atoms with Crippen LogP contribution in [0.4, 0.5) is 13.2 Å². The maximum absolute atomic E-state index is 12.6. The average molecular weight is 259 g/mol. The molecule has 0 aromatic heterocycles. The number of nitrogens with one attached hydrogen (secondary N) is 1. The molecule has 0 unspecified atom stereocenters. The van der Waals surface area contributed by atoms with Crippen LogP contribution in [0.2, 0.25) is 0 Å². The van der Waals surface area contributed by atoms with Crippen molar-refractivity contribution in [3.8, 4) is 0 Å². The van der Waals surface area contributed by atoms with Crippen LogP contribution in [0.3, 0.4) is 0 Å². The van der Waals surface area contributed by atoms with Crippen molar-refractivity contribution in [3.05, 3.63) is 35.4 Å². The highest BCUT2D eigenvalue weighted by molar-refractivity contribution is 5.86. The van der Waals surface area contributed by atoms with Crippen molar-refractivity contribution in [2.45, 2.75) is 31.2 Å². The SMILES string of the molecule is Cc1cccc([C@@H]2C[C@@](O)(C(F)(F)F)NC2=O)c1. The Morgan fingerprint density at radius 1 is 1.44 bits per heavy atom. The van der Waals surface area contributed by atoms with E-state index in [-0.39, 0.29) is 0 Å². The lowest BCUT2D eigenvalue weighted by Crippen LogP contribution is -2.53. The van der Waals surface area contributed by atoms with Crippen LogP contribution < -0.4 is 5.32 Å². The Balaban J connectivity index is 2.31. The molecular weight excluding hydrogens is 247 g/mol. The first-order valence-electron chi connectivity index (χ1n) is 5.41. The molecule has 1 aliphatic rings. The van der Waals surface area contributed by atoms with Gasteiger partial charge >= 0.3 is 6.18 Å². The molecule has 1 amide bonds. The molecule has 98 valence electrons. The maximum Gasteiger partial charge on any atom is 0.436 e. The summed E-state index contributed by atoms with van der Waals surface area (Å²) in [4.78, 5) is 11.6. The zero-order valence-corrected chi connectivity index (χ0v) is 9.58. The molecule has 1 aliphatic heterocycles. The molecule has 1 aromatic carbocycles. The molecule has 2 N–H and O–H groups in total. The number of alkyl halides is 3. The average Bonchev–Trinajstić information content (AvgIpc) is 2.55. The number of benzene rings is 1. The molecule has 6 heteroatoms. The summed E-state index contributed by atoms with van der Waals surface area (Å²) >= 11 is 0. The van der Waals surface area contributed by atoms with Crippen LogP contribution in [0.5, 0.6) is 0 Å². The third-order valence-corrected chi connectivity index (χ3v) is 3.06. The van der Waals surface area contributed by atoms with Gasteiger partial charge in [0.25, 0.3) is 0 Å². The normalized spacial score (nSPS) is 28.3. The van der Waals surface area contributed by atoms with Crippen LogP contribution in [0.25, 0.3) is 0 Å². The van der Waals surface area contributed by atoms with E-state index in [1.54, 1.807) is 36.5 Å². The fourth-order valence-corrected chi connectivity index (χ4v) is 2.07. The summed E-state index contributed by atoms with van der Waals surface area (Å²) in [5.41, 5.74) is -1.80. The molecule has 3 nitrogen and oxygen atoms in total. The lowest BCUT2D eigenvalue weighted by molar-refractivity contribution is -0.266. The van der Waals surface area contributed by atoms with Gasteiger partial charge in [-0.2, -0.15) is 13.2 Å². The number of hydrogen-bond acceptors (Lipinski definition) is 2. The summed E-state index contributed by atoms with van der Waals surface area (Å²) in [5.74, 6) is -1.78. The van der Waals surface area contributed by atoms with Crippen molar-refractivity contribution in [1.29, 1.82) is 0 Å². The van der Waals surface area contributed by atoms with Crippen molar-refractivity contribution < 1.29 is 23.1 Å². The summed E-state index contributed by atoms with van der Waals surface area (Å²) in [6, 6.07) is 6.68. The number of aryl methyl sites for hydroxylation is 1. The second kappa shape index (κ2) is 3.98. The molecule has 2 atom stereocenters. The second-order valence-electron chi connectivity index (χ2n) is 4.52. The zero-order valence-electron chi connectivity index (χ0n) is 9.58. The standard InChI is InChI=1S/C12H12F3NO2/c1-7-3-2-4-8(5-7)9-6-11(18,12(13,14)15)16-10(9)17/h2-5,9,18H,6H2,1H3,(H,16,17)/t9-,11+/m0/s1. The largest absolute Gasteiger partial charge is 0.436 e. The molecule has 1 fully saturated rings. The number of hydrogen-bond donors (Lipinski definition) is 2. The lowest BCUT2D eigenvalue weighted by Gasteiger charge is -2.25. The van der Waals surface area contributed by atoms with Gasteiger partial charge in [0.1, 0.15) is 0 Å². The molecule has 2 rings (SSSR count). The summed E-state index contributed by atoms with van der Waals surface area (Å²) < 4.78 is 37.9. The third kappa shape index (κ3) is 2.08. The lowest BCUT2D eigenvalue weighted by atomic mass is 9.93. The van der Waals surface area contributed by atoms with E-state index >= 15 is 0 Å². The van der Waals surface area contributed by atoms with Gasteiger partial charge in [-0.15, -0.1) is 0 Å². The molecule has 0 bridgehead atoms. The van der Waals surface area contributed by atoms with Gasteiger partial charge in [0.2, 0.25) is 11.6 Å². The van der Waals surface area contributed by atoms with Crippen molar-refractivity contribution in [2.75, 3.05) is 0 Å². The number of carbonyl (C=O) groups excluding carboxylic acids is 1. The molecule has 1 saturated heterocycles. The smallest absolute Gasteiger partial charge is 0.363 e. The molecular formula is C12H12F3NO2. The number of carbonyl (C=O) groups is 1. The van der Waals surface area contributed by atoms with Gasteiger partial charge in [-0.1, -0.05) is 29.8 Å². The van der Waals surface area contributed by atoms with Crippen LogP contribution in [0.15, 0.2) is 24.3 Å². The first-order chi connectivity index (χ1) is 8.23. The summed E-state index contributed by atoms with van der Waals surface area (Å²) in [5, 5.41) is 11.1. The quantitative estimate of drug-likeness (QED) is 0.808. The van der Waals surface area contributed by atoms with E-state index < -0.39 is 30.1 Å². The topological polar surface area (TPSA) is 49.3 Å². The summed E-state index contributed by atoms with van der Waals surface area (Å²) in [7, 11) is 0. The highest BCUT2D eigenvalue weighted by Gasteiger charge is 2.60. The minimum atomic E-state index is -4.87. The van der Waals surface area contributed by atoms with Crippen molar-refractivity contribution >= 4 is 5.91 Å². The Bertz CT molecular complexity index is 486. The van der Waals surface area contributed by atoms with E-state index in [1.807, 2.05) is 0 Å². The van der Waals surface area contributed by atoms with Gasteiger partial charge < -0.3 is 10.4 Å². The third-order valence-electron chi connectivity index (χ3n) is 3.06. The fraction of sp³-hybridized carbons (Fsp3) is 0.417. The predicted molar refractivity (Wildman–Crippen MR) is 57.7 cm³/mol. The van der Waals surface area contributed by atoms with E-state index in [0.717, 1.165) is 5.56 Å². The second-order valence-corrected chi connectivity index (χ2v) is 4.52. The predicted octanol–water partition coefficient (Wildman–Crippen LogP) is 1.85. The van der Waals surface area contributed by atoms with Gasteiger partial charge in [-0.3, -0.25) is 4.79 Å². The molecule has 1 heterocycles. The van der Waals surface area contributed by atoms with Crippen LogP contribution >= 0.6 is 0 Å². The summed E-state index contributed by atoms with van der Waals surface area (Å²) in [6.07, 6.45) is -5.57. The monoisotopic (exact) mass is 259 g/mol. The van der Waals surface area contributed by atoms with Gasteiger partial charge in [0, 0.05) is 6.42 Å². The van der Waals surface area contributed by atoms with E-state index in [2.05, 4.69) is 0 Å². The first-order valence-corrected chi connectivity index (χ1v) is 5.41. The fourth-order valence-electron chi connectivity index (χ4n) is 2.07. The Kier molecular flexibility index (Phi) is 2.85. The minimum Gasteiger partial charge on any atom is -0.363 e.